The molecule has 3 rings (SSSR count). The minimum Gasteiger partial charge on any atom is -0.384 e. The van der Waals surface area contributed by atoms with Crippen molar-refractivity contribution in [2.45, 2.75) is 78.0 Å². The van der Waals surface area contributed by atoms with E-state index in [1.165, 1.54) is 51.9 Å². The van der Waals surface area contributed by atoms with E-state index >= 15 is 0 Å². The van der Waals surface area contributed by atoms with Crippen LogP contribution in [0.1, 0.15) is 84.7 Å². The molecule has 1 radical (unpaired) electrons. The third kappa shape index (κ3) is 23.7. The summed E-state index contributed by atoms with van der Waals surface area (Å²) in [5, 5.41) is 10.4. The molecule has 0 saturated heterocycles. The average molecular weight is 770 g/mol. The number of carbonyl (C=O) groups is 1. The van der Waals surface area contributed by atoms with Crippen LogP contribution in [0.25, 0.3) is 0 Å². The fourth-order valence-electron chi connectivity index (χ4n) is 1.85. The Balaban J connectivity index is -0.000000216. The zero-order chi connectivity index (χ0) is 30.1. The third-order valence-corrected chi connectivity index (χ3v) is 4.12. The van der Waals surface area contributed by atoms with Crippen LogP contribution in [-0.4, -0.2) is 44.7 Å². The van der Waals surface area contributed by atoms with Gasteiger partial charge in [-0.05, 0) is 33.8 Å². The van der Waals surface area contributed by atoms with Crippen molar-refractivity contribution in [3.05, 3.63) is 76.6 Å². The van der Waals surface area contributed by atoms with E-state index in [2.05, 4.69) is 73.3 Å². The molecule has 225 valence electrons. The topological polar surface area (TPSA) is 115 Å². The molecule has 3 aromatic rings. The molecule has 0 atom stereocenters. The number of alkyl halides is 2. The molecule has 0 unspecified atom stereocenters. The van der Waals surface area contributed by atoms with E-state index in [1.54, 1.807) is 26.8 Å². The number of carbonyl (C=O) groups excluding carboxylic acids is 1. The van der Waals surface area contributed by atoms with Gasteiger partial charge in [0.1, 0.15) is 51.4 Å². The van der Waals surface area contributed by atoms with Crippen molar-refractivity contribution in [2.24, 2.45) is 0 Å². The molecule has 0 spiro atoms. The molecule has 3 aromatic heterocycles. The molecular weight excluding hydrogens is 732 g/mol. The summed E-state index contributed by atoms with van der Waals surface area (Å²) in [5.41, 5.74) is -1.23. The van der Waals surface area contributed by atoms with Gasteiger partial charge in [0.15, 0.2) is 5.78 Å². The fourth-order valence-corrected chi connectivity index (χ4v) is 2.29. The molecule has 0 aliphatic rings. The van der Waals surface area contributed by atoms with E-state index in [0.29, 0.717) is 27.4 Å². The Kier molecular flexibility index (Phi) is 27.0. The van der Waals surface area contributed by atoms with E-state index in [4.69, 9.17) is 34.8 Å². The second-order valence-electron chi connectivity index (χ2n) is 8.28. The second kappa shape index (κ2) is 23.5. The molecule has 14 heteroatoms. The first-order valence-corrected chi connectivity index (χ1v) is 13.5. The number of rotatable bonds is 3. The van der Waals surface area contributed by atoms with Crippen molar-refractivity contribution >= 4 is 63.2 Å². The summed E-state index contributed by atoms with van der Waals surface area (Å²) < 4.78 is 14.0. The van der Waals surface area contributed by atoms with Gasteiger partial charge in [-0.2, -0.15) is 6.92 Å². The SMILES string of the molecule is C.CC(=O)c1cc(Cl)ncn1.CC(C)(F)c1cc(Cl)ncn1.CC(C)(O)c1cc(Cl)ncn1.CC(C)I.[CH2-]C.[V]. The maximum absolute atomic E-state index is 13.2. The zero-order valence-corrected chi connectivity index (χ0v) is 28.9. The molecule has 0 bridgehead atoms. The van der Waals surface area contributed by atoms with Gasteiger partial charge in [0, 0.05) is 41.5 Å². The Hall–Kier alpha value is -1.02. The normalized spacial score (nSPS) is 9.80. The van der Waals surface area contributed by atoms with Gasteiger partial charge in [-0.15, -0.1) is 0 Å². The van der Waals surface area contributed by atoms with Gasteiger partial charge in [-0.25, -0.2) is 34.3 Å². The number of nitrogens with zero attached hydrogens (tertiary/aromatic N) is 6. The number of halogens is 5. The molecule has 0 aliphatic heterocycles. The van der Waals surface area contributed by atoms with Crippen LogP contribution in [-0.2, 0) is 29.8 Å². The number of aliphatic hydroxyl groups is 1. The van der Waals surface area contributed by atoms with Crippen LogP contribution in [0.2, 0.25) is 15.5 Å². The first-order valence-electron chi connectivity index (χ1n) is 11.1. The second-order valence-corrected chi connectivity index (χ2v) is 11.9. The van der Waals surface area contributed by atoms with E-state index in [0.717, 1.165) is 3.92 Å². The van der Waals surface area contributed by atoms with Crippen LogP contribution in [0.3, 0.4) is 0 Å². The van der Waals surface area contributed by atoms with E-state index in [1.807, 2.05) is 0 Å². The molecule has 0 aromatic carbocycles. The van der Waals surface area contributed by atoms with Gasteiger partial charge >= 0.3 is 0 Å². The number of ketones is 1. The Morgan fingerprint density at radius 3 is 1.40 bits per heavy atom. The van der Waals surface area contributed by atoms with Gasteiger partial charge in [0.25, 0.3) is 0 Å². The molecule has 0 saturated carbocycles. The number of aromatic nitrogens is 6. The fraction of sp³-hybridized carbons (Fsp3) is 0.462. The van der Waals surface area contributed by atoms with Crippen LogP contribution in [0.15, 0.2) is 37.2 Å². The molecular formula is C26H38Cl3FIN6O2V-. The van der Waals surface area contributed by atoms with Gasteiger partial charge in [0.2, 0.25) is 0 Å². The van der Waals surface area contributed by atoms with Crippen molar-refractivity contribution in [2.75, 3.05) is 0 Å². The van der Waals surface area contributed by atoms with Gasteiger partial charge in [-0.1, -0.05) is 78.7 Å². The number of hydrogen-bond donors (Lipinski definition) is 1. The Labute approximate surface area is 278 Å². The van der Waals surface area contributed by atoms with Gasteiger partial charge in [-0.3, -0.25) is 4.79 Å². The summed E-state index contributed by atoms with van der Waals surface area (Å²) in [6.07, 6.45) is 3.84. The smallest absolute Gasteiger partial charge is 0.178 e. The predicted molar refractivity (Wildman–Crippen MR) is 167 cm³/mol. The maximum atomic E-state index is 13.2. The first-order chi connectivity index (χ1) is 17.4. The van der Waals surface area contributed by atoms with Crippen LogP contribution in [0.5, 0.6) is 0 Å². The average Bonchev–Trinajstić information content (AvgIpc) is 2.80. The number of hydrogen-bond acceptors (Lipinski definition) is 8. The minimum atomic E-state index is -1.45. The van der Waals surface area contributed by atoms with Gasteiger partial charge < -0.3 is 12.0 Å². The molecule has 0 amide bonds. The first kappa shape index (κ1) is 46.0. The van der Waals surface area contributed by atoms with Crippen molar-refractivity contribution < 1.29 is 32.8 Å². The Morgan fingerprint density at radius 1 is 0.850 bits per heavy atom. The van der Waals surface area contributed by atoms with E-state index in [9.17, 15) is 14.3 Å². The van der Waals surface area contributed by atoms with Crippen LogP contribution >= 0.6 is 57.4 Å². The van der Waals surface area contributed by atoms with E-state index < -0.39 is 11.3 Å². The summed E-state index contributed by atoms with van der Waals surface area (Å²) in [5.74, 6) is -0.107. The summed E-state index contributed by atoms with van der Waals surface area (Å²) in [7, 11) is 0. The summed E-state index contributed by atoms with van der Waals surface area (Å²) in [4.78, 5) is 32.9. The molecule has 1 N–H and O–H groups in total. The molecule has 0 fully saturated rings. The quantitative estimate of drug-likeness (QED) is 0.0931. The monoisotopic (exact) mass is 768 g/mol. The third-order valence-electron chi connectivity index (χ3n) is 3.50. The van der Waals surface area contributed by atoms with Crippen LogP contribution in [0, 0.1) is 6.92 Å². The molecule has 8 nitrogen and oxygen atoms in total. The molecule has 40 heavy (non-hydrogen) atoms. The van der Waals surface area contributed by atoms with Crippen LogP contribution in [0.4, 0.5) is 4.39 Å². The van der Waals surface area contributed by atoms with Gasteiger partial charge in [0.05, 0.1) is 11.4 Å². The summed E-state index contributed by atoms with van der Waals surface area (Å²) >= 11 is 19.0. The molecule has 0 aliphatic carbocycles. The summed E-state index contributed by atoms with van der Waals surface area (Å²) in [6, 6.07) is 4.40. The van der Waals surface area contributed by atoms with Crippen molar-refractivity contribution in [1.82, 2.24) is 29.9 Å². The molecule has 3 heterocycles. The Bertz CT molecular complexity index is 1050. The Morgan fingerprint density at radius 2 is 1.18 bits per heavy atom. The standard InChI is InChI=1S/C7H8ClFN2.C7H9ClN2O.C6H5ClN2O.C3H7I.C2H5.CH4.V/c1-7(2,9)5-3-6(8)11-4-10-5;1-7(2,11)5-3-6(8)10-4-9-5;1-4(10)5-2-6(7)9-3-8-5;1-3(2)4;1-2;;/h3-4H,1-2H3;3-4,11H,1-2H3;2-3H,1H3;3H,1-2H3;1H2,2H3;1H4;/q;;;;-1;;. The van der Waals surface area contributed by atoms with Crippen molar-refractivity contribution in [3.63, 3.8) is 0 Å². The largest absolute Gasteiger partial charge is 0.384 e. The maximum Gasteiger partial charge on any atom is 0.178 e. The van der Waals surface area contributed by atoms with Crippen molar-refractivity contribution in [1.29, 1.82) is 0 Å². The number of Topliss-reactive ketones (excluding diaryl/α,β-unsaturated/α-hetero) is 1. The minimum absolute atomic E-state index is 0. The summed E-state index contributed by atoms with van der Waals surface area (Å²) in [6.45, 7) is 16.9. The van der Waals surface area contributed by atoms with Crippen LogP contribution < -0.4 is 0 Å². The predicted octanol–water partition coefficient (Wildman–Crippen LogP) is 8.33. The van der Waals surface area contributed by atoms with Crippen molar-refractivity contribution in [3.8, 4) is 0 Å². The zero-order valence-electron chi connectivity index (χ0n) is 23.1. The van der Waals surface area contributed by atoms with E-state index in [-0.39, 0.29) is 36.9 Å².